The van der Waals surface area contributed by atoms with Gasteiger partial charge < -0.3 is 10.4 Å². The smallest absolute Gasteiger partial charge is 0.251 e. The van der Waals surface area contributed by atoms with E-state index in [1.54, 1.807) is 0 Å². The van der Waals surface area contributed by atoms with Crippen molar-refractivity contribution in [2.75, 3.05) is 13.2 Å². The van der Waals surface area contributed by atoms with E-state index in [1.807, 2.05) is 31.2 Å². The second-order valence-electron chi connectivity index (χ2n) is 5.77. The Labute approximate surface area is 115 Å². The molecular formula is C16H23NO2. The number of aliphatic hydroxyl groups excluding tert-OH is 1. The van der Waals surface area contributed by atoms with E-state index in [-0.39, 0.29) is 17.9 Å². The van der Waals surface area contributed by atoms with Crippen molar-refractivity contribution in [3.05, 3.63) is 35.4 Å². The van der Waals surface area contributed by atoms with Crippen molar-refractivity contribution in [2.45, 2.75) is 39.0 Å². The van der Waals surface area contributed by atoms with Crippen molar-refractivity contribution in [3.8, 4) is 0 Å². The largest absolute Gasteiger partial charge is 0.396 e. The number of hydrogen-bond donors (Lipinski definition) is 2. The standard InChI is InChI=1S/C16H23NO2/c1-13-5-7-14(8-6-13)15(19)17-11-16(12-18)9-3-2-4-10-16/h5-8,18H,2-4,9-12H2,1H3,(H,17,19). The molecule has 2 N–H and O–H groups in total. The van der Waals surface area contributed by atoms with Crippen LogP contribution in [0, 0.1) is 12.3 Å². The Morgan fingerprint density at radius 1 is 1.21 bits per heavy atom. The molecule has 0 bridgehead atoms. The number of amides is 1. The average molecular weight is 261 g/mol. The molecule has 0 aromatic heterocycles. The fraction of sp³-hybridized carbons (Fsp3) is 0.562. The summed E-state index contributed by atoms with van der Waals surface area (Å²) in [5, 5.41) is 12.6. The van der Waals surface area contributed by atoms with Crippen LogP contribution in [0.3, 0.4) is 0 Å². The lowest BCUT2D eigenvalue weighted by atomic mass is 9.74. The third-order valence-corrected chi connectivity index (χ3v) is 4.19. The van der Waals surface area contributed by atoms with Gasteiger partial charge in [0.15, 0.2) is 0 Å². The molecule has 3 heteroatoms. The SMILES string of the molecule is Cc1ccc(C(=O)NCC2(CO)CCCCC2)cc1. The van der Waals surface area contributed by atoms with E-state index in [9.17, 15) is 9.90 Å². The van der Waals surface area contributed by atoms with Gasteiger partial charge in [-0.25, -0.2) is 0 Å². The topological polar surface area (TPSA) is 49.3 Å². The average Bonchev–Trinajstić information content (AvgIpc) is 2.46. The van der Waals surface area contributed by atoms with Crippen LogP contribution in [0.2, 0.25) is 0 Å². The fourth-order valence-electron chi connectivity index (χ4n) is 2.77. The Morgan fingerprint density at radius 3 is 2.42 bits per heavy atom. The highest BCUT2D eigenvalue weighted by Gasteiger charge is 2.31. The summed E-state index contributed by atoms with van der Waals surface area (Å²) in [5.41, 5.74) is 1.74. The zero-order valence-corrected chi connectivity index (χ0v) is 11.6. The third-order valence-electron chi connectivity index (χ3n) is 4.19. The molecule has 0 heterocycles. The van der Waals surface area contributed by atoms with E-state index in [0.29, 0.717) is 12.1 Å². The molecule has 19 heavy (non-hydrogen) atoms. The quantitative estimate of drug-likeness (QED) is 0.875. The second kappa shape index (κ2) is 6.20. The van der Waals surface area contributed by atoms with Crippen LogP contribution in [-0.2, 0) is 0 Å². The normalized spacial score (nSPS) is 18.0. The highest BCUT2D eigenvalue weighted by atomic mass is 16.3. The van der Waals surface area contributed by atoms with Crippen LogP contribution in [0.5, 0.6) is 0 Å². The molecule has 1 aliphatic carbocycles. The van der Waals surface area contributed by atoms with Crippen molar-refractivity contribution < 1.29 is 9.90 Å². The van der Waals surface area contributed by atoms with E-state index in [2.05, 4.69) is 5.32 Å². The van der Waals surface area contributed by atoms with Crippen LogP contribution in [0.1, 0.15) is 48.0 Å². The number of nitrogens with one attached hydrogen (secondary N) is 1. The van der Waals surface area contributed by atoms with E-state index in [0.717, 1.165) is 31.2 Å². The summed E-state index contributed by atoms with van der Waals surface area (Å²) in [6, 6.07) is 7.57. The van der Waals surface area contributed by atoms with Gasteiger partial charge in [-0.3, -0.25) is 4.79 Å². The molecule has 1 aromatic rings. The number of carbonyl (C=O) groups is 1. The summed E-state index contributed by atoms with van der Waals surface area (Å²) in [6.45, 7) is 2.75. The van der Waals surface area contributed by atoms with Gasteiger partial charge in [0.05, 0.1) is 6.61 Å². The number of rotatable bonds is 4. The minimum absolute atomic E-state index is 0.0431. The molecule has 2 rings (SSSR count). The van der Waals surface area contributed by atoms with Crippen LogP contribution in [0.15, 0.2) is 24.3 Å². The molecule has 0 radical (unpaired) electrons. The first-order valence-corrected chi connectivity index (χ1v) is 7.11. The van der Waals surface area contributed by atoms with Crippen LogP contribution in [-0.4, -0.2) is 24.2 Å². The van der Waals surface area contributed by atoms with Crippen LogP contribution >= 0.6 is 0 Å². The molecule has 0 unspecified atom stereocenters. The van der Waals surface area contributed by atoms with Gasteiger partial charge in [-0.2, -0.15) is 0 Å². The first kappa shape index (κ1) is 14.1. The number of hydrogen-bond acceptors (Lipinski definition) is 2. The van der Waals surface area contributed by atoms with Gasteiger partial charge >= 0.3 is 0 Å². The zero-order chi connectivity index (χ0) is 13.7. The lowest BCUT2D eigenvalue weighted by Gasteiger charge is -2.35. The summed E-state index contributed by atoms with van der Waals surface area (Å²) in [4.78, 5) is 12.1. The van der Waals surface area contributed by atoms with Crippen molar-refractivity contribution >= 4 is 5.91 Å². The third kappa shape index (κ3) is 3.57. The van der Waals surface area contributed by atoms with Gasteiger partial charge in [0.25, 0.3) is 5.91 Å². The highest BCUT2D eigenvalue weighted by Crippen LogP contribution is 2.35. The summed E-state index contributed by atoms with van der Waals surface area (Å²) >= 11 is 0. The number of aliphatic hydroxyl groups is 1. The maximum absolute atomic E-state index is 12.1. The van der Waals surface area contributed by atoms with Gasteiger partial charge in [-0.05, 0) is 31.9 Å². The Bertz CT molecular complexity index is 419. The molecule has 1 aromatic carbocycles. The monoisotopic (exact) mass is 261 g/mol. The molecule has 1 aliphatic rings. The predicted octanol–water partition coefficient (Wildman–Crippen LogP) is 2.67. The summed E-state index contributed by atoms with van der Waals surface area (Å²) in [6.07, 6.45) is 5.57. The van der Waals surface area contributed by atoms with E-state index < -0.39 is 0 Å². The Balaban J connectivity index is 1.93. The number of benzene rings is 1. The molecule has 1 amide bonds. The minimum atomic E-state index is -0.0986. The maximum Gasteiger partial charge on any atom is 0.251 e. The molecule has 0 aliphatic heterocycles. The summed E-state index contributed by atoms with van der Waals surface area (Å²) in [7, 11) is 0. The number of aryl methyl sites for hydroxylation is 1. The maximum atomic E-state index is 12.1. The zero-order valence-electron chi connectivity index (χ0n) is 11.6. The molecule has 1 saturated carbocycles. The molecule has 104 valence electrons. The van der Waals surface area contributed by atoms with E-state index >= 15 is 0 Å². The molecule has 0 atom stereocenters. The Morgan fingerprint density at radius 2 is 1.84 bits per heavy atom. The minimum Gasteiger partial charge on any atom is -0.396 e. The van der Waals surface area contributed by atoms with Crippen molar-refractivity contribution in [3.63, 3.8) is 0 Å². The van der Waals surface area contributed by atoms with Gasteiger partial charge in [-0.15, -0.1) is 0 Å². The van der Waals surface area contributed by atoms with Gasteiger partial charge in [-0.1, -0.05) is 37.0 Å². The summed E-state index contributed by atoms with van der Waals surface area (Å²) < 4.78 is 0. The second-order valence-corrected chi connectivity index (χ2v) is 5.77. The van der Waals surface area contributed by atoms with E-state index in [4.69, 9.17) is 0 Å². The van der Waals surface area contributed by atoms with E-state index in [1.165, 1.54) is 6.42 Å². The first-order chi connectivity index (χ1) is 9.15. The van der Waals surface area contributed by atoms with Crippen LogP contribution in [0.4, 0.5) is 0 Å². The van der Waals surface area contributed by atoms with Crippen LogP contribution < -0.4 is 5.32 Å². The van der Waals surface area contributed by atoms with Gasteiger partial charge in [0.1, 0.15) is 0 Å². The molecular weight excluding hydrogens is 238 g/mol. The lowest BCUT2D eigenvalue weighted by molar-refractivity contribution is 0.0718. The van der Waals surface area contributed by atoms with Crippen molar-refractivity contribution in [2.24, 2.45) is 5.41 Å². The Kier molecular flexibility index (Phi) is 4.59. The number of carbonyl (C=O) groups excluding carboxylic acids is 1. The molecule has 0 saturated heterocycles. The first-order valence-electron chi connectivity index (χ1n) is 7.11. The highest BCUT2D eigenvalue weighted by molar-refractivity contribution is 5.94. The Hall–Kier alpha value is -1.35. The van der Waals surface area contributed by atoms with Gasteiger partial charge in [0, 0.05) is 17.5 Å². The molecule has 0 spiro atoms. The summed E-state index contributed by atoms with van der Waals surface area (Å²) in [5.74, 6) is -0.0431. The molecule has 1 fully saturated rings. The predicted molar refractivity (Wildman–Crippen MR) is 76.1 cm³/mol. The van der Waals surface area contributed by atoms with Crippen molar-refractivity contribution in [1.82, 2.24) is 5.32 Å². The fourth-order valence-corrected chi connectivity index (χ4v) is 2.77. The molecule has 3 nitrogen and oxygen atoms in total. The van der Waals surface area contributed by atoms with Crippen LogP contribution in [0.25, 0.3) is 0 Å². The lowest BCUT2D eigenvalue weighted by Crippen LogP contribution is -2.41. The van der Waals surface area contributed by atoms with Gasteiger partial charge in [0.2, 0.25) is 0 Å². The van der Waals surface area contributed by atoms with Crippen molar-refractivity contribution in [1.29, 1.82) is 0 Å².